The van der Waals surface area contributed by atoms with E-state index in [0.29, 0.717) is 60.7 Å². The largest absolute Gasteiger partial charge is 0.493 e. The third-order valence-corrected chi connectivity index (χ3v) is 6.84. The number of ether oxygens (including phenoxy) is 3. The van der Waals surface area contributed by atoms with Crippen LogP contribution in [0.2, 0.25) is 5.02 Å². The predicted octanol–water partition coefficient (Wildman–Crippen LogP) is 6.40. The smallest absolute Gasteiger partial charge is 0.347 e. The zero-order chi connectivity index (χ0) is 22.6. The number of aliphatic carboxylic acids is 1. The van der Waals surface area contributed by atoms with E-state index in [1.807, 2.05) is 18.2 Å². The molecule has 0 radical (unpaired) electrons. The zero-order valence-electron chi connectivity index (χ0n) is 18.6. The Kier molecular flexibility index (Phi) is 7.14. The van der Waals surface area contributed by atoms with Crippen LogP contribution in [-0.4, -0.2) is 29.9 Å². The number of carboxylic acid groups (broad SMARTS) is 1. The maximum Gasteiger partial charge on any atom is 0.347 e. The second kappa shape index (κ2) is 10.0. The first kappa shape index (κ1) is 22.8. The maximum atomic E-state index is 11.5. The van der Waals surface area contributed by atoms with Crippen LogP contribution in [0.1, 0.15) is 68.9 Å². The maximum absolute atomic E-state index is 11.5. The zero-order valence-corrected chi connectivity index (χ0v) is 19.3. The SMILES string of the molecule is C[C@]1(C(=O)O)CCc2ccc(OCCCOc3ccc(C4CCCCC4)cc3Cl)cc2O1. The Bertz CT molecular complexity index is 953. The van der Waals surface area contributed by atoms with Crippen LogP contribution in [0, 0.1) is 0 Å². The third-order valence-electron chi connectivity index (χ3n) is 6.55. The van der Waals surface area contributed by atoms with Crippen molar-refractivity contribution in [1.29, 1.82) is 0 Å². The van der Waals surface area contributed by atoms with Crippen molar-refractivity contribution in [2.75, 3.05) is 13.2 Å². The topological polar surface area (TPSA) is 65.0 Å². The summed E-state index contributed by atoms with van der Waals surface area (Å²) in [6.07, 6.45) is 8.27. The first-order chi connectivity index (χ1) is 15.4. The highest BCUT2D eigenvalue weighted by Gasteiger charge is 2.39. The van der Waals surface area contributed by atoms with Crippen LogP contribution in [0.3, 0.4) is 0 Å². The van der Waals surface area contributed by atoms with Gasteiger partial charge >= 0.3 is 5.97 Å². The van der Waals surface area contributed by atoms with Gasteiger partial charge in [-0.25, -0.2) is 4.79 Å². The number of carboxylic acids is 1. The lowest BCUT2D eigenvalue weighted by atomic mass is 9.84. The Labute approximate surface area is 194 Å². The molecular formula is C26H31ClO5. The molecule has 1 aliphatic heterocycles. The van der Waals surface area contributed by atoms with Gasteiger partial charge in [0.05, 0.1) is 18.2 Å². The highest BCUT2D eigenvalue weighted by molar-refractivity contribution is 6.32. The molecule has 2 aromatic carbocycles. The molecule has 4 rings (SSSR count). The van der Waals surface area contributed by atoms with Gasteiger partial charge in [-0.2, -0.15) is 0 Å². The van der Waals surface area contributed by atoms with E-state index in [4.69, 9.17) is 25.8 Å². The molecule has 2 aromatic rings. The molecule has 172 valence electrons. The summed E-state index contributed by atoms with van der Waals surface area (Å²) < 4.78 is 17.4. The lowest BCUT2D eigenvalue weighted by molar-refractivity contribution is -0.155. The minimum absolute atomic E-state index is 0.455. The van der Waals surface area contributed by atoms with Gasteiger partial charge in [0.25, 0.3) is 0 Å². The van der Waals surface area contributed by atoms with E-state index in [2.05, 4.69) is 12.1 Å². The Morgan fingerprint density at radius 2 is 1.91 bits per heavy atom. The number of hydrogen-bond acceptors (Lipinski definition) is 4. The lowest BCUT2D eigenvalue weighted by Crippen LogP contribution is -2.44. The van der Waals surface area contributed by atoms with Gasteiger partial charge in [0.15, 0.2) is 0 Å². The molecule has 1 heterocycles. The quantitative estimate of drug-likeness (QED) is 0.463. The normalized spacial score (nSPS) is 20.8. The summed E-state index contributed by atoms with van der Waals surface area (Å²) in [6.45, 7) is 2.59. The van der Waals surface area contributed by atoms with E-state index < -0.39 is 11.6 Å². The second-order valence-corrected chi connectivity index (χ2v) is 9.39. The van der Waals surface area contributed by atoms with E-state index in [1.165, 1.54) is 37.7 Å². The van der Waals surface area contributed by atoms with E-state index >= 15 is 0 Å². The molecule has 1 atom stereocenters. The Morgan fingerprint density at radius 3 is 2.66 bits per heavy atom. The first-order valence-corrected chi connectivity index (χ1v) is 11.9. The predicted molar refractivity (Wildman–Crippen MR) is 124 cm³/mol. The highest BCUT2D eigenvalue weighted by Crippen LogP contribution is 2.37. The fraction of sp³-hybridized carbons (Fsp3) is 0.500. The molecule has 1 aliphatic carbocycles. The molecule has 1 N–H and O–H groups in total. The van der Waals surface area contributed by atoms with Crippen molar-refractivity contribution in [3.8, 4) is 17.2 Å². The molecule has 0 bridgehead atoms. The Balaban J connectivity index is 1.24. The summed E-state index contributed by atoms with van der Waals surface area (Å²) in [7, 11) is 0. The standard InChI is InChI=1S/C26H31ClO5/c1-26(25(28)29)13-12-19-8-10-21(17-24(19)32-26)30-14-5-15-31-23-11-9-20(16-22(23)27)18-6-3-2-4-7-18/h8-11,16-18H,2-7,12-15H2,1H3,(H,28,29)/t26-/m1/s1. The fourth-order valence-electron chi connectivity index (χ4n) is 4.50. The first-order valence-electron chi connectivity index (χ1n) is 11.5. The summed E-state index contributed by atoms with van der Waals surface area (Å²) in [4.78, 5) is 11.5. The number of benzene rings is 2. The van der Waals surface area contributed by atoms with Crippen LogP contribution in [0.15, 0.2) is 36.4 Å². The Hall–Kier alpha value is -2.40. The van der Waals surface area contributed by atoms with E-state index in [1.54, 1.807) is 13.0 Å². The van der Waals surface area contributed by atoms with Crippen molar-refractivity contribution in [3.05, 3.63) is 52.5 Å². The summed E-state index contributed by atoms with van der Waals surface area (Å²) in [5.41, 5.74) is 1.13. The molecular weight excluding hydrogens is 428 g/mol. The molecule has 1 saturated carbocycles. The van der Waals surface area contributed by atoms with Crippen molar-refractivity contribution in [1.82, 2.24) is 0 Å². The molecule has 32 heavy (non-hydrogen) atoms. The van der Waals surface area contributed by atoms with Crippen LogP contribution in [0.5, 0.6) is 17.2 Å². The molecule has 0 aromatic heterocycles. The van der Waals surface area contributed by atoms with Gasteiger partial charge in [0.2, 0.25) is 5.60 Å². The molecule has 1 fully saturated rings. The van der Waals surface area contributed by atoms with Gasteiger partial charge in [-0.15, -0.1) is 0 Å². The minimum atomic E-state index is -1.19. The molecule has 0 saturated heterocycles. The van der Waals surface area contributed by atoms with Gasteiger partial charge in [0, 0.05) is 18.9 Å². The molecule has 0 unspecified atom stereocenters. The van der Waals surface area contributed by atoms with Gasteiger partial charge in [-0.1, -0.05) is 43.0 Å². The van der Waals surface area contributed by atoms with Crippen LogP contribution in [-0.2, 0) is 11.2 Å². The summed E-state index contributed by atoms with van der Waals surface area (Å²) in [5.74, 6) is 1.63. The van der Waals surface area contributed by atoms with Gasteiger partial charge in [-0.05, 0) is 61.4 Å². The van der Waals surface area contributed by atoms with Crippen LogP contribution in [0.25, 0.3) is 0 Å². The minimum Gasteiger partial charge on any atom is -0.493 e. The van der Waals surface area contributed by atoms with Gasteiger partial charge < -0.3 is 19.3 Å². The molecule has 5 nitrogen and oxygen atoms in total. The van der Waals surface area contributed by atoms with Crippen molar-refractivity contribution in [3.63, 3.8) is 0 Å². The number of aryl methyl sites for hydroxylation is 1. The number of halogens is 1. The molecule has 0 amide bonds. The fourth-order valence-corrected chi connectivity index (χ4v) is 4.74. The summed E-state index contributed by atoms with van der Waals surface area (Å²) >= 11 is 6.46. The van der Waals surface area contributed by atoms with E-state index in [-0.39, 0.29) is 0 Å². The lowest BCUT2D eigenvalue weighted by Gasteiger charge is -2.32. The van der Waals surface area contributed by atoms with Crippen LogP contribution >= 0.6 is 11.6 Å². The van der Waals surface area contributed by atoms with Crippen molar-refractivity contribution in [2.24, 2.45) is 0 Å². The van der Waals surface area contributed by atoms with Crippen molar-refractivity contribution >= 4 is 17.6 Å². The van der Waals surface area contributed by atoms with Crippen LogP contribution in [0.4, 0.5) is 0 Å². The number of hydrogen-bond donors (Lipinski definition) is 1. The highest BCUT2D eigenvalue weighted by atomic mass is 35.5. The molecule has 2 aliphatic rings. The van der Waals surface area contributed by atoms with Gasteiger partial charge in [-0.3, -0.25) is 0 Å². The van der Waals surface area contributed by atoms with Crippen molar-refractivity contribution < 1.29 is 24.1 Å². The second-order valence-electron chi connectivity index (χ2n) is 8.98. The summed E-state index contributed by atoms with van der Waals surface area (Å²) in [6, 6.07) is 11.8. The molecule has 6 heteroatoms. The average Bonchev–Trinajstić information content (AvgIpc) is 2.80. The van der Waals surface area contributed by atoms with Gasteiger partial charge in [0.1, 0.15) is 17.2 Å². The number of rotatable bonds is 8. The summed E-state index contributed by atoms with van der Waals surface area (Å²) in [5, 5.41) is 10.1. The molecule has 0 spiro atoms. The monoisotopic (exact) mass is 458 g/mol. The van der Waals surface area contributed by atoms with E-state index in [0.717, 1.165) is 5.56 Å². The van der Waals surface area contributed by atoms with Crippen molar-refractivity contribution in [2.45, 2.75) is 69.8 Å². The number of carbonyl (C=O) groups is 1. The number of fused-ring (bicyclic) bond motifs is 1. The Morgan fingerprint density at radius 1 is 1.12 bits per heavy atom. The van der Waals surface area contributed by atoms with Crippen LogP contribution < -0.4 is 14.2 Å². The average molecular weight is 459 g/mol. The third kappa shape index (κ3) is 5.32. The van der Waals surface area contributed by atoms with E-state index in [9.17, 15) is 9.90 Å².